The molecule has 134 valence electrons. The second-order valence-corrected chi connectivity index (χ2v) is 6.32. The molecule has 0 atom stereocenters. The maximum atomic E-state index is 12.4. The number of thioether (sulfide) groups is 1. The first-order valence-electron chi connectivity index (χ1n) is 8.04. The van der Waals surface area contributed by atoms with Gasteiger partial charge in [-0.3, -0.25) is 0 Å². The van der Waals surface area contributed by atoms with Gasteiger partial charge in [0.05, 0.1) is 17.5 Å². The van der Waals surface area contributed by atoms with Crippen molar-refractivity contribution in [3.63, 3.8) is 0 Å². The van der Waals surface area contributed by atoms with E-state index < -0.39 is 5.97 Å². The number of hydrogen-bond donors (Lipinski definition) is 2. The quantitative estimate of drug-likeness (QED) is 0.400. The molecule has 0 radical (unpaired) electrons. The summed E-state index contributed by atoms with van der Waals surface area (Å²) in [6.07, 6.45) is 3.43. The number of nitrogens with one attached hydrogen (secondary N) is 1. The van der Waals surface area contributed by atoms with Gasteiger partial charge in [0.1, 0.15) is 17.2 Å². The van der Waals surface area contributed by atoms with E-state index in [0.29, 0.717) is 21.9 Å². The largest absolute Gasteiger partial charge is 0.462 e. The number of carbonyl (C=O) groups is 1. The zero-order chi connectivity index (χ0) is 18.7. The van der Waals surface area contributed by atoms with Crippen LogP contribution in [0.25, 0.3) is 10.9 Å². The van der Waals surface area contributed by atoms with Crippen molar-refractivity contribution in [2.45, 2.75) is 19.0 Å². The second kappa shape index (κ2) is 7.57. The normalized spacial score (nSPS) is 10.7. The zero-order valence-electron chi connectivity index (χ0n) is 14.7. The molecule has 0 bridgehead atoms. The summed E-state index contributed by atoms with van der Waals surface area (Å²) >= 11 is 1.37. The van der Waals surface area contributed by atoms with Gasteiger partial charge in [0, 0.05) is 11.9 Å². The Hall–Kier alpha value is -2.87. The minimum Gasteiger partial charge on any atom is -0.462 e. The van der Waals surface area contributed by atoms with Gasteiger partial charge < -0.3 is 15.8 Å². The zero-order valence-corrected chi connectivity index (χ0v) is 15.6. The van der Waals surface area contributed by atoms with Gasteiger partial charge in [0.25, 0.3) is 0 Å². The number of hydrogen-bond acceptors (Lipinski definition) is 8. The highest BCUT2D eigenvalue weighted by Gasteiger charge is 2.21. The van der Waals surface area contributed by atoms with Crippen LogP contribution in [0.2, 0.25) is 0 Å². The van der Waals surface area contributed by atoms with Gasteiger partial charge in [-0.1, -0.05) is 29.5 Å². The van der Waals surface area contributed by atoms with Crippen molar-refractivity contribution in [1.82, 2.24) is 15.0 Å². The molecule has 26 heavy (non-hydrogen) atoms. The third kappa shape index (κ3) is 3.55. The van der Waals surface area contributed by atoms with Crippen molar-refractivity contribution in [2.75, 3.05) is 23.9 Å². The van der Waals surface area contributed by atoms with E-state index in [1.807, 2.05) is 37.4 Å². The first-order chi connectivity index (χ1) is 12.5. The lowest BCUT2D eigenvalue weighted by Crippen LogP contribution is -2.12. The predicted octanol–water partition coefficient (Wildman–Crippen LogP) is 3.56. The molecular formula is C18H19N5O2S. The number of pyridine rings is 1. The van der Waals surface area contributed by atoms with Crippen molar-refractivity contribution >= 4 is 46.0 Å². The molecule has 1 aromatic carbocycles. The van der Waals surface area contributed by atoms with Crippen molar-refractivity contribution in [1.29, 1.82) is 0 Å². The lowest BCUT2D eigenvalue weighted by Gasteiger charge is -2.13. The molecule has 0 unspecified atom stereocenters. The van der Waals surface area contributed by atoms with Crippen molar-refractivity contribution in [3.05, 3.63) is 41.6 Å². The minimum absolute atomic E-state index is 0.0861. The van der Waals surface area contributed by atoms with Gasteiger partial charge in [0.15, 0.2) is 5.16 Å². The van der Waals surface area contributed by atoms with E-state index in [2.05, 4.69) is 20.3 Å². The molecule has 0 aliphatic heterocycles. The van der Waals surface area contributed by atoms with Crippen LogP contribution < -0.4 is 11.1 Å². The van der Waals surface area contributed by atoms with E-state index in [-0.39, 0.29) is 18.0 Å². The van der Waals surface area contributed by atoms with E-state index >= 15 is 0 Å². The third-order valence-corrected chi connectivity index (χ3v) is 4.27. The molecule has 0 saturated carbocycles. The highest BCUT2D eigenvalue weighted by atomic mass is 32.2. The summed E-state index contributed by atoms with van der Waals surface area (Å²) in [6, 6.07) is 7.92. The molecule has 8 heteroatoms. The van der Waals surface area contributed by atoms with Gasteiger partial charge in [-0.25, -0.2) is 19.7 Å². The maximum Gasteiger partial charge on any atom is 0.344 e. The standard InChI is InChI=1S/C18H19N5O2S/c1-4-25-17(24)13-14-12(9-20-15(13)19)16(23-18(22-14)26-3)21-11-7-5-10(2)6-8-11/h5-9H,4H2,1-3H3,(H2,19,20)(H,21,22,23). The molecule has 0 amide bonds. The monoisotopic (exact) mass is 369 g/mol. The number of aromatic nitrogens is 3. The molecule has 7 nitrogen and oxygen atoms in total. The Morgan fingerprint density at radius 3 is 2.65 bits per heavy atom. The molecule has 3 aromatic rings. The number of nitrogens with zero attached hydrogens (tertiary/aromatic N) is 3. The van der Waals surface area contributed by atoms with Gasteiger partial charge in [-0.15, -0.1) is 0 Å². The Bertz CT molecular complexity index is 960. The van der Waals surface area contributed by atoms with Gasteiger partial charge >= 0.3 is 5.97 Å². The first kappa shape index (κ1) is 17.9. The fourth-order valence-electron chi connectivity index (χ4n) is 2.45. The number of nitrogens with two attached hydrogens (primary N) is 1. The highest BCUT2D eigenvalue weighted by molar-refractivity contribution is 7.98. The molecule has 0 saturated heterocycles. The molecule has 0 aliphatic carbocycles. The molecule has 0 aliphatic rings. The average molecular weight is 369 g/mol. The van der Waals surface area contributed by atoms with E-state index in [1.54, 1.807) is 13.1 Å². The Kier molecular flexibility index (Phi) is 5.22. The van der Waals surface area contributed by atoms with Gasteiger partial charge in [-0.2, -0.15) is 0 Å². The summed E-state index contributed by atoms with van der Waals surface area (Å²) in [6.45, 7) is 4.00. The topological polar surface area (TPSA) is 103 Å². The predicted molar refractivity (Wildman–Crippen MR) is 104 cm³/mol. The van der Waals surface area contributed by atoms with Crippen LogP contribution in [0.4, 0.5) is 17.3 Å². The van der Waals surface area contributed by atoms with Crippen LogP contribution in [0, 0.1) is 6.92 Å². The highest BCUT2D eigenvalue weighted by Crippen LogP contribution is 2.30. The van der Waals surface area contributed by atoms with Crippen LogP contribution in [-0.4, -0.2) is 33.8 Å². The lowest BCUT2D eigenvalue weighted by atomic mass is 10.1. The molecule has 3 rings (SSSR count). The smallest absolute Gasteiger partial charge is 0.344 e. The molecule has 2 aromatic heterocycles. The van der Waals surface area contributed by atoms with Crippen LogP contribution in [0.1, 0.15) is 22.8 Å². The summed E-state index contributed by atoms with van der Waals surface area (Å²) in [4.78, 5) is 25.5. The van der Waals surface area contributed by atoms with E-state index in [9.17, 15) is 4.79 Å². The first-order valence-corrected chi connectivity index (χ1v) is 9.27. The molecule has 3 N–H and O–H groups in total. The molecule has 0 spiro atoms. The van der Waals surface area contributed by atoms with E-state index in [1.165, 1.54) is 11.8 Å². The Morgan fingerprint density at radius 1 is 1.27 bits per heavy atom. The van der Waals surface area contributed by atoms with Gasteiger partial charge in [-0.05, 0) is 32.2 Å². The Morgan fingerprint density at radius 2 is 2.00 bits per heavy atom. The van der Waals surface area contributed by atoms with Crippen LogP contribution in [0.3, 0.4) is 0 Å². The fraction of sp³-hybridized carbons (Fsp3) is 0.222. The molecule has 0 fully saturated rings. The second-order valence-electron chi connectivity index (χ2n) is 5.55. The van der Waals surface area contributed by atoms with Crippen molar-refractivity contribution in [2.24, 2.45) is 0 Å². The minimum atomic E-state index is -0.546. The van der Waals surface area contributed by atoms with Crippen molar-refractivity contribution in [3.8, 4) is 0 Å². The number of carbonyl (C=O) groups excluding carboxylic acids is 1. The van der Waals surface area contributed by atoms with Crippen molar-refractivity contribution < 1.29 is 9.53 Å². The lowest BCUT2D eigenvalue weighted by molar-refractivity contribution is 0.0529. The third-order valence-electron chi connectivity index (χ3n) is 3.73. The number of anilines is 3. The van der Waals surface area contributed by atoms with E-state index in [4.69, 9.17) is 10.5 Å². The number of esters is 1. The van der Waals surface area contributed by atoms with E-state index in [0.717, 1.165) is 11.3 Å². The number of benzene rings is 1. The maximum absolute atomic E-state index is 12.4. The van der Waals surface area contributed by atoms with Crippen LogP contribution >= 0.6 is 11.8 Å². The summed E-state index contributed by atoms with van der Waals surface area (Å²) in [5, 5.41) is 4.38. The molecule has 2 heterocycles. The number of nitrogen functional groups attached to an aromatic ring is 1. The van der Waals surface area contributed by atoms with Crippen LogP contribution in [0.15, 0.2) is 35.6 Å². The number of aryl methyl sites for hydroxylation is 1. The average Bonchev–Trinajstić information content (AvgIpc) is 2.63. The summed E-state index contributed by atoms with van der Waals surface area (Å²) < 4.78 is 5.12. The fourth-order valence-corrected chi connectivity index (χ4v) is 2.81. The summed E-state index contributed by atoms with van der Waals surface area (Å²) in [5.41, 5.74) is 8.54. The number of ether oxygens (including phenoxy) is 1. The van der Waals surface area contributed by atoms with Gasteiger partial charge in [0.2, 0.25) is 0 Å². The molecular weight excluding hydrogens is 350 g/mol. The summed E-state index contributed by atoms with van der Waals surface area (Å²) in [7, 11) is 0. The SMILES string of the molecule is CCOC(=O)c1c(N)ncc2c(Nc3ccc(C)cc3)nc(SC)nc12. The number of rotatable bonds is 5. The Balaban J connectivity index is 2.18. The van der Waals surface area contributed by atoms with Crippen LogP contribution in [-0.2, 0) is 4.74 Å². The Labute approximate surface area is 155 Å². The number of fused-ring (bicyclic) bond motifs is 1. The summed E-state index contributed by atoms with van der Waals surface area (Å²) in [5.74, 6) is 0.0966. The van der Waals surface area contributed by atoms with Crippen LogP contribution in [0.5, 0.6) is 0 Å².